The zero-order valence-electron chi connectivity index (χ0n) is 10.9. The molecule has 1 N–H and O–H groups in total. The molecule has 0 amide bonds. The molecule has 0 radical (unpaired) electrons. The molecule has 2 aliphatic rings. The Hall–Kier alpha value is 0.1000. The van der Waals surface area contributed by atoms with Gasteiger partial charge in [-0.3, -0.25) is 4.90 Å². The maximum absolute atomic E-state index is 3.73. The van der Waals surface area contributed by atoms with Crippen molar-refractivity contribution >= 4 is 27.3 Å². The summed E-state index contributed by atoms with van der Waals surface area (Å²) in [5.74, 6) is 0. The molecule has 4 heteroatoms. The van der Waals surface area contributed by atoms with Gasteiger partial charge in [0.15, 0.2) is 0 Å². The molecule has 2 atom stereocenters. The van der Waals surface area contributed by atoms with Crippen molar-refractivity contribution in [2.75, 3.05) is 13.1 Å². The molecule has 1 aromatic rings. The summed E-state index contributed by atoms with van der Waals surface area (Å²) in [6, 6.07) is 6.78. The highest BCUT2D eigenvalue weighted by atomic mass is 79.9. The number of nitrogens with one attached hydrogen (secondary N) is 1. The first-order valence-electron chi connectivity index (χ1n) is 6.95. The predicted molar refractivity (Wildman–Crippen MR) is 81.3 cm³/mol. The average Bonchev–Trinajstić information content (AvgIpc) is 3.00. The zero-order valence-corrected chi connectivity index (χ0v) is 13.3. The van der Waals surface area contributed by atoms with Crippen LogP contribution in [0.4, 0.5) is 0 Å². The lowest BCUT2D eigenvalue weighted by atomic mass is 10.2. The van der Waals surface area contributed by atoms with Crippen LogP contribution in [0.25, 0.3) is 0 Å². The number of nitrogens with zero attached hydrogens (tertiary/aromatic N) is 1. The van der Waals surface area contributed by atoms with Crippen LogP contribution in [0.2, 0.25) is 0 Å². The first-order valence-corrected chi connectivity index (χ1v) is 8.56. The van der Waals surface area contributed by atoms with Crippen molar-refractivity contribution in [2.24, 2.45) is 0 Å². The molecule has 2 heterocycles. The summed E-state index contributed by atoms with van der Waals surface area (Å²) in [5.41, 5.74) is 0. The Morgan fingerprint density at radius 3 is 2.94 bits per heavy atom. The quantitative estimate of drug-likeness (QED) is 0.892. The first kappa shape index (κ1) is 13.1. The molecule has 2 unspecified atom stereocenters. The van der Waals surface area contributed by atoms with Crippen LogP contribution < -0.4 is 5.32 Å². The molecule has 18 heavy (non-hydrogen) atoms. The van der Waals surface area contributed by atoms with E-state index >= 15 is 0 Å². The van der Waals surface area contributed by atoms with Gasteiger partial charge in [-0.2, -0.15) is 0 Å². The molecule has 1 aliphatic carbocycles. The van der Waals surface area contributed by atoms with Gasteiger partial charge in [-0.1, -0.05) is 0 Å². The van der Waals surface area contributed by atoms with Crippen LogP contribution in [-0.4, -0.2) is 36.1 Å². The predicted octanol–water partition coefficient (Wildman–Crippen LogP) is 3.27. The molecule has 1 saturated carbocycles. The Labute approximate surface area is 122 Å². The molecule has 0 aromatic carbocycles. The Morgan fingerprint density at radius 2 is 2.28 bits per heavy atom. The van der Waals surface area contributed by atoms with Crippen molar-refractivity contribution in [2.45, 2.75) is 50.7 Å². The van der Waals surface area contributed by atoms with Gasteiger partial charge in [0, 0.05) is 36.1 Å². The van der Waals surface area contributed by atoms with Crippen molar-refractivity contribution in [3.63, 3.8) is 0 Å². The van der Waals surface area contributed by atoms with E-state index in [0.717, 1.165) is 25.0 Å². The summed E-state index contributed by atoms with van der Waals surface area (Å²) in [7, 11) is 0. The maximum atomic E-state index is 3.73. The number of likely N-dealkylation sites (tertiary alicyclic amines) is 1. The summed E-state index contributed by atoms with van der Waals surface area (Å²) < 4.78 is 1.24. The van der Waals surface area contributed by atoms with Crippen molar-refractivity contribution in [3.05, 3.63) is 20.8 Å². The minimum absolute atomic E-state index is 0.712. The summed E-state index contributed by atoms with van der Waals surface area (Å²) in [6.45, 7) is 4.76. The number of thiophene rings is 1. The Bertz CT molecular complexity index is 402. The summed E-state index contributed by atoms with van der Waals surface area (Å²) in [5, 5.41) is 3.73. The number of halogens is 1. The highest BCUT2D eigenvalue weighted by molar-refractivity contribution is 9.11. The summed E-state index contributed by atoms with van der Waals surface area (Å²) in [4.78, 5) is 4.18. The molecule has 1 aromatic heterocycles. The smallest absolute Gasteiger partial charge is 0.0701 e. The van der Waals surface area contributed by atoms with Crippen LogP contribution in [0.3, 0.4) is 0 Å². The largest absolute Gasteiger partial charge is 0.312 e. The molecule has 2 fully saturated rings. The third kappa shape index (κ3) is 3.16. The van der Waals surface area contributed by atoms with Gasteiger partial charge in [0.05, 0.1) is 3.79 Å². The maximum Gasteiger partial charge on any atom is 0.0701 e. The fraction of sp³-hybridized carbons (Fsp3) is 0.714. The topological polar surface area (TPSA) is 15.3 Å². The zero-order chi connectivity index (χ0) is 12.5. The molecule has 3 rings (SSSR count). The third-order valence-corrected chi connectivity index (χ3v) is 5.76. The SMILES string of the molecule is CC1CC(NCCc2ccc(Br)s2)CN1C1CC1. The van der Waals surface area contributed by atoms with Gasteiger partial charge in [-0.15, -0.1) is 11.3 Å². The number of rotatable bonds is 5. The van der Waals surface area contributed by atoms with Gasteiger partial charge in [0.25, 0.3) is 0 Å². The van der Waals surface area contributed by atoms with Crippen LogP contribution in [0, 0.1) is 0 Å². The van der Waals surface area contributed by atoms with Gasteiger partial charge < -0.3 is 5.32 Å². The lowest BCUT2D eigenvalue weighted by Gasteiger charge is -2.19. The first-order chi connectivity index (χ1) is 8.72. The minimum atomic E-state index is 0.712. The molecule has 100 valence electrons. The summed E-state index contributed by atoms with van der Waals surface area (Å²) in [6.07, 6.45) is 5.34. The van der Waals surface area contributed by atoms with E-state index in [-0.39, 0.29) is 0 Å². The normalized spacial score (nSPS) is 29.0. The van der Waals surface area contributed by atoms with Crippen molar-refractivity contribution in [3.8, 4) is 0 Å². The Morgan fingerprint density at radius 1 is 1.44 bits per heavy atom. The van der Waals surface area contributed by atoms with E-state index < -0.39 is 0 Å². The monoisotopic (exact) mass is 328 g/mol. The minimum Gasteiger partial charge on any atom is -0.312 e. The van der Waals surface area contributed by atoms with Crippen LogP contribution in [0.15, 0.2) is 15.9 Å². The van der Waals surface area contributed by atoms with E-state index in [2.05, 4.69) is 45.2 Å². The summed E-state index contributed by atoms with van der Waals surface area (Å²) >= 11 is 5.37. The molecule has 0 bridgehead atoms. The second kappa shape index (κ2) is 5.61. The van der Waals surface area contributed by atoms with Gasteiger partial charge in [0.2, 0.25) is 0 Å². The highest BCUT2D eigenvalue weighted by Crippen LogP contribution is 2.33. The highest BCUT2D eigenvalue weighted by Gasteiger charge is 2.38. The van der Waals surface area contributed by atoms with Crippen molar-refractivity contribution < 1.29 is 0 Å². The van der Waals surface area contributed by atoms with Crippen molar-refractivity contribution in [1.29, 1.82) is 0 Å². The van der Waals surface area contributed by atoms with E-state index in [1.54, 1.807) is 0 Å². The third-order valence-electron chi connectivity index (χ3n) is 4.07. The van der Waals surface area contributed by atoms with Gasteiger partial charge >= 0.3 is 0 Å². The second-order valence-electron chi connectivity index (χ2n) is 5.62. The molecular weight excluding hydrogens is 308 g/mol. The van der Waals surface area contributed by atoms with Crippen LogP contribution >= 0.6 is 27.3 Å². The van der Waals surface area contributed by atoms with E-state index in [1.807, 2.05) is 11.3 Å². The Kier molecular flexibility index (Phi) is 4.09. The van der Waals surface area contributed by atoms with Gasteiger partial charge in [-0.25, -0.2) is 0 Å². The lowest BCUT2D eigenvalue weighted by molar-refractivity contribution is 0.255. The molecule has 2 nitrogen and oxygen atoms in total. The van der Waals surface area contributed by atoms with E-state index in [9.17, 15) is 0 Å². The standard InChI is InChI=1S/C14H21BrN2S/c1-10-8-11(9-17(10)12-2-3-12)16-7-6-13-4-5-14(15)18-13/h4-5,10-12,16H,2-3,6-9H2,1H3. The number of hydrogen-bond donors (Lipinski definition) is 1. The van der Waals surface area contributed by atoms with E-state index in [0.29, 0.717) is 6.04 Å². The van der Waals surface area contributed by atoms with E-state index in [4.69, 9.17) is 0 Å². The number of hydrogen-bond acceptors (Lipinski definition) is 3. The van der Waals surface area contributed by atoms with Gasteiger partial charge in [0.1, 0.15) is 0 Å². The van der Waals surface area contributed by atoms with E-state index in [1.165, 1.54) is 34.5 Å². The fourth-order valence-electron chi connectivity index (χ4n) is 3.00. The molecule has 1 saturated heterocycles. The fourth-order valence-corrected chi connectivity index (χ4v) is 4.49. The van der Waals surface area contributed by atoms with Crippen LogP contribution in [0.1, 0.15) is 31.1 Å². The van der Waals surface area contributed by atoms with Crippen LogP contribution in [-0.2, 0) is 6.42 Å². The molecule has 1 aliphatic heterocycles. The van der Waals surface area contributed by atoms with Crippen molar-refractivity contribution in [1.82, 2.24) is 10.2 Å². The Balaban J connectivity index is 1.41. The average molecular weight is 329 g/mol. The van der Waals surface area contributed by atoms with Crippen LogP contribution in [0.5, 0.6) is 0 Å². The molecular formula is C14H21BrN2S. The lowest BCUT2D eigenvalue weighted by Crippen LogP contribution is -2.35. The second-order valence-corrected chi connectivity index (χ2v) is 8.17. The molecule has 0 spiro atoms. The van der Waals surface area contributed by atoms with Gasteiger partial charge in [-0.05, 0) is 60.7 Å².